The summed E-state index contributed by atoms with van der Waals surface area (Å²) in [5.41, 5.74) is 7.34. The number of halogens is 1. The lowest BCUT2D eigenvalue weighted by atomic mass is 10.00. The summed E-state index contributed by atoms with van der Waals surface area (Å²) in [6, 6.07) is 4.19. The van der Waals surface area contributed by atoms with E-state index in [-0.39, 0.29) is 24.0 Å². The Morgan fingerprint density at radius 1 is 1.26 bits per heavy atom. The molecule has 2 fully saturated rings. The quantitative estimate of drug-likeness (QED) is 0.456. The van der Waals surface area contributed by atoms with E-state index in [0.29, 0.717) is 12.5 Å². The average Bonchev–Trinajstić information content (AvgIpc) is 3.08. The maximum Gasteiger partial charge on any atom is 0.191 e. The van der Waals surface area contributed by atoms with Crippen LogP contribution in [0.25, 0.3) is 0 Å². The normalized spacial score (nSPS) is 19.8. The van der Waals surface area contributed by atoms with E-state index in [9.17, 15) is 0 Å². The zero-order chi connectivity index (χ0) is 15.4. The van der Waals surface area contributed by atoms with Crippen molar-refractivity contribution in [2.45, 2.75) is 39.2 Å². The predicted octanol–water partition coefficient (Wildman–Crippen LogP) is 2.85. The first-order chi connectivity index (χ1) is 10.7. The minimum absolute atomic E-state index is 0. The number of nitrogens with two attached hydrogens (primary N) is 1. The molecule has 2 N–H and O–H groups in total. The van der Waals surface area contributed by atoms with Gasteiger partial charge in [-0.25, -0.2) is 9.98 Å². The fourth-order valence-corrected chi connectivity index (χ4v) is 3.19. The Morgan fingerprint density at radius 3 is 2.65 bits per heavy atom. The number of hydrogen-bond donors (Lipinski definition) is 1. The van der Waals surface area contributed by atoms with Gasteiger partial charge in [-0.05, 0) is 49.3 Å². The maximum absolute atomic E-state index is 6.15. The molecule has 3 heterocycles. The molecular weight excluding hydrogens is 401 g/mol. The molecular formula is C17H28IN5. The molecule has 2 saturated heterocycles. The van der Waals surface area contributed by atoms with Crippen molar-refractivity contribution in [3.8, 4) is 0 Å². The average molecular weight is 429 g/mol. The molecule has 0 spiro atoms. The van der Waals surface area contributed by atoms with Gasteiger partial charge in [0.15, 0.2) is 5.96 Å². The van der Waals surface area contributed by atoms with E-state index >= 15 is 0 Å². The third kappa shape index (κ3) is 4.96. The molecule has 0 aromatic carbocycles. The summed E-state index contributed by atoms with van der Waals surface area (Å²) < 4.78 is 0. The van der Waals surface area contributed by atoms with Gasteiger partial charge in [-0.3, -0.25) is 0 Å². The van der Waals surface area contributed by atoms with Crippen LogP contribution in [0.4, 0.5) is 5.82 Å². The summed E-state index contributed by atoms with van der Waals surface area (Å²) in [6.07, 6.45) is 6.85. The summed E-state index contributed by atoms with van der Waals surface area (Å²) in [4.78, 5) is 13.6. The Morgan fingerprint density at radius 2 is 1.96 bits per heavy atom. The van der Waals surface area contributed by atoms with Gasteiger partial charge in [0.1, 0.15) is 5.82 Å². The van der Waals surface area contributed by atoms with Gasteiger partial charge in [0.25, 0.3) is 0 Å². The van der Waals surface area contributed by atoms with Gasteiger partial charge in [-0.15, -0.1) is 24.0 Å². The first kappa shape index (κ1) is 18.3. The number of likely N-dealkylation sites (tertiary alicyclic amines) is 1. The monoisotopic (exact) mass is 429 g/mol. The van der Waals surface area contributed by atoms with Crippen LogP contribution in [0.3, 0.4) is 0 Å². The maximum atomic E-state index is 6.15. The molecule has 6 heteroatoms. The van der Waals surface area contributed by atoms with Crippen LogP contribution in [0.2, 0.25) is 0 Å². The van der Waals surface area contributed by atoms with Crippen molar-refractivity contribution >= 4 is 35.8 Å². The van der Waals surface area contributed by atoms with Gasteiger partial charge in [-0.2, -0.15) is 0 Å². The molecule has 5 nitrogen and oxygen atoms in total. The van der Waals surface area contributed by atoms with Gasteiger partial charge >= 0.3 is 0 Å². The molecule has 0 aliphatic carbocycles. The fraction of sp³-hybridized carbons (Fsp3) is 0.647. The van der Waals surface area contributed by atoms with Crippen molar-refractivity contribution in [1.29, 1.82) is 0 Å². The largest absolute Gasteiger partial charge is 0.370 e. The molecule has 0 bridgehead atoms. The fourth-order valence-electron chi connectivity index (χ4n) is 3.19. The van der Waals surface area contributed by atoms with Crippen LogP contribution in [0.1, 0.15) is 38.2 Å². The Labute approximate surface area is 156 Å². The van der Waals surface area contributed by atoms with Crippen molar-refractivity contribution in [2.75, 3.05) is 31.1 Å². The second kappa shape index (κ2) is 8.70. The van der Waals surface area contributed by atoms with Crippen molar-refractivity contribution in [2.24, 2.45) is 16.6 Å². The second-order valence-electron chi connectivity index (χ2n) is 6.56. The first-order valence-corrected chi connectivity index (χ1v) is 8.47. The Balaban J connectivity index is 0.00000192. The summed E-state index contributed by atoms with van der Waals surface area (Å²) in [5, 5.41) is 0. The number of hydrogen-bond acceptors (Lipinski definition) is 3. The minimum Gasteiger partial charge on any atom is -0.370 e. The van der Waals surface area contributed by atoms with Crippen molar-refractivity contribution < 1.29 is 0 Å². The third-order valence-electron chi connectivity index (χ3n) is 4.77. The molecule has 2 aliphatic heterocycles. The molecule has 23 heavy (non-hydrogen) atoms. The zero-order valence-corrected chi connectivity index (χ0v) is 16.3. The molecule has 0 unspecified atom stereocenters. The van der Waals surface area contributed by atoms with Gasteiger partial charge in [-0.1, -0.05) is 6.92 Å². The SMILES string of the molecule is CC1CCN(C(N)=NCc2ccnc(N3CCCC3)c2)CC1.I. The number of guanidine groups is 1. The molecule has 2 aliphatic rings. The molecule has 1 aromatic rings. The molecule has 0 radical (unpaired) electrons. The molecule has 3 rings (SSSR count). The molecule has 0 saturated carbocycles. The lowest BCUT2D eigenvalue weighted by Crippen LogP contribution is -2.42. The van der Waals surface area contributed by atoms with Crippen LogP contribution in [0.5, 0.6) is 0 Å². The van der Waals surface area contributed by atoms with Crippen LogP contribution in [0, 0.1) is 5.92 Å². The zero-order valence-electron chi connectivity index (χ0n) is 13.9. The second-order valence-corrected chi connectivity index (χ2v) is 6.56. The molecule has 0 amide bonds. The van der Waals surface area contributed by atoms with E-state index in [0.717, 1.165) is 37.9 Å². The van der Waals surface area contributed by atoms with Crippen molar-refractivity contribution in [1.82, 2.24) is 9.88 Å². The van der Waals surface area contributed by atoms with E-state index in [1.807, 2.05) is 12.3 Å². The summed E-state index contributed by atoms with van der Waals surface area (Å²) in [6.45, 7) is 7.25. The highest BCUT2D eigenvalue weighted by molar-refractivity contribution is 14.0. The minimum atomic E-state index is 0. The van der Waals surface area contributed by atoms with Crippen molar-refractivity contribution in [3.05, 3.63) is 23.9 Å². The predicted molar refractivity (Wildman–Crippen MR) is 106 cm³/mol. The first-order valence-electron chi connectivity index (χ1n) is 8.47. The van der Waals surface area contributed by atoms with Crippen LogP contribution in [-0.4, -0.2) is 42.0 Å². The van der Waals surface area contributed by atoms with Crippen molar-refractivity contribution in [3.63, 3.8) is 0 Å². The van der Waals surface area contributed by atoms with E-state index in [2.05, 4.69) is 32.8 Å². The number of aliphatic imine (C=N–C) groups is 1. The molecule has 128 valence electrons. The highest BCUT2D eigenvalue weighted by Crippen LogP contribution is 2.19. The highest BCUT2D eigenvalue weighted by atomic mass is 127. The van der Waals surface area contributed by atoms with Crippen LogP contribution in [-0.2, 0) is 6.54 Å². The standard InChI is InChI=1S/C17H27N5.HI/c1-14-5-10-22(11-6-14)17(18)20-13-15-4-7-19-16(12-15)21-8-2-3-9-21;/h4,7,12,14H,2-3,5-6,8-11,13H2,1H3,(H2,18,20);1H. The number of aromatic nitrogens is 1. The smallest absolute Gasteiger partial charge is 0.191 e. The van der Waals surface area contributed by atoms with Gasteiger partial charge in [0, 0.05) is 32.4 Å². The summed E-state index contributed by atoms with van der Waals surface area (Å²) in [5.74, 6) is 2.58. The van der Waals surface area contributed by atoms with Crippen LogP contribution in [0.15, 0.2) is 23.3 Å². The molecule has 0 atom stereocenters. The lowest BCUT2D eigenvalue weighted by Gasteiger charge is -2.31. The van der Waals surface area contributed by atoms with Crippen LogP contribution < -0.4 is 10.6 Å². The van der Waals surface area contributed by atoms with Gasteiger partial charge in [0.05, 0.1) is 6.54 Å². The Bertz CT molecular complexity index is 519. The number of piperidine rings is 1. The lowest BCUT2D eigenvalue weighted by molar-refractivity contribution is 0.277. The number of anilines is 1. The molecule has 1 aromatic heterocycles. The topological polar surface area (TPSA) is 57.8 Å². The summed E-state index contributed by atoms with van der Waals surface area (Å²) >= 11 is 0. The third-order valence-corrected chi connectivity index (χ3v) is 4.77. The summed E-state index contributed by atoms with van der Waals surface area (Å²) in [7, 11) is 0. The van der Waals surface area contributed by atoms with E-state index in [4.69, 9.17) is 5.73 Å². The van der Waals surface area contributed by atoms with E-state index in [1.165, 1.54) is 31.2 Å². The number of rotatable bonds is 3. The van der Waals surface area contributed by atoms with E-state index < -0.39 is 0 Å². The highest BCUT2D eigenvalue weighted by Gasteiger charge is 2.17. The number of nitrogens with zero attached hydrogens (tertiary/aromatic N) is 4. The van der Waals surface area contributed by atoms with Gasteiger partial charge < -0.3 is 15.5 Å². The van der Waals surface area contributed by atoms with E-state index in [1.54, 1.807) is 0 Å². The van der Waals surface area contributed by atoms with Gasteiger partial charge in [0.2, 0.25) is 0 Å². The Hall–Kier alpha value is -1.05. The Kier molecular flexibility index (Phi) is 6.92. The number of pyridine rings is 1. The van der Waals surface area contributed by atoms with Crippen LogP contribution >= 0.6 is 24.0 Å².